The van der Waals surface area contributed by atoms with Crippen LogP contribution in [0.5, 0.6) is 0 Å². The predicted molar refractivity (Wildman–Crippen MR) is 109 cm³/mol. The SMILES string of the molecule is Cc1cc(Br)ccc1NC(=O)CN(C)C(=O)c1ccc(-c2ccccc2F)o1. The molecular formula is C21H18BrFN2O3. The molecule has 1 N–H and O–H groups in total. The van der Waals surface area contributed by atoms with Crippen molar-refractivity contribution in [3.63, 3.8) is 0 Å². The summed E-state index contributed by atoms with van der Waals surface area (Å²) < 4.78 is 20.3. The van der Waals surface area contributed by atoms with Gasteiger partial charge in [0.25, 0.3) is 5.91 Å². The fraction of sp³-hybridized carbons (Fsp3) is 0.143. The lowest BCUT2D eigenvalue weighted by molar-refractivity contribution is -0.116. The van der Waals surface area contributed by atoms with Crippen LogP contribution in [0.2, 0.25) is 0 Å². The van der Waals surface area contributed by atoms with Gasteiger partial charge in [-0.1, -0.05) is 28.1 Å². The van der Waals surface area contributed by atoms with Crippen molar-refractivity contribution in [2.24, 2.45) is 0 Å². The van der Waals surface area contributed by atoms with E-state index in [1.165, 1.54) is 30.1 Å². The minimum absolute atomic E-state index is 0.0355. The zero-order chi connectivity index (χ0) is 20.3. The molecule has 2 aromatic carbocycles. The highest BCUT2D eigenvalue weighted by Crippen LogP contribution is 2.25. The predicted octanol–water partition coefficient (Wildman–Crippen LogP) is 4.87. The monoisotopic (exact) mass is 444 g/mol. The highest BCUT2D eigenvalue weighted by molar-refractivity contribution is 9.10. The number of carbonyl (C=O) groups is 2. The number of carbonyl (C=O) groups excluding carboxylic acids is 2. The van der Waals surface area contributed by atoms with Gasteiger partial charge in [-0.3, -0.25) is 9.59 Å². The number of amides is 2. The van der Waals surface area contributed by atoms with Gasteiger partial charge in [0.15, 0.2) is 5.76 Å². The Morgan fingerprint density at radius 2 is 1.89 bits per heavy atom. The van der Waals surface area contributed by atoms with Crippen LogP contribution in [-0.4, -0.2) is 30.3 Å². The van der Waals surface area contributed by atoms with E-state index in [4.69, 9.17) is 4.42 Å². The summed E-state index contributed by atoms with van der Waals surface area (Å²) in [4.78, 5) is 26.0. The first kappa shape index (κ1) is 19.8. The Hall–Kier alpha value is -2.93. The Kier molecular flexibility index (Phi) is 5.94. The molecule has 144 valence electrons. The molecule has 1 aromatic heterocycles. The summed E-state index contributed by atoms with van der Waals surface area (Å²) in [5.74, 6) is -0.945. The molecule has 3 rings (SSSR count). The molecule has 28 heavy (non-hydrogen) atoms. The molecular weight excluding hydrogens is 427 g/mol. The Labute approximate surface area is 170 Å². The van der Waals surface area contributed by atoms with E-state index in [1.54, 1.807) is 24.3 Å². The van der Waals surface area contributed by atoms with Crippen LogP contribution in [0.1, 0.15) is 16.1 Å². The summed E-state index contributed by atoms with van der Waals surface area (Å²) in [6.45, 7) is 1.73. The summed E-state index contributed by atoms with van der Waals surface area (Å²) in [5, 5.41) is 2.78. The van der Waals surface area contributed by atoms with Gasteiger partial charge in [0.2, 0.25) is 5.91 Å². The van der Waals surface area contributed by atoms with Gasteiger partial charge >= 0.3 is 0 Å². The molecule has 1 heterocycles. The highest BCUT2D eigenvalue weighted by atomic mass is 79.9. The number of halogens is 2. The second-order valence-electron chi connectivity index (χ2n) is 6.31. The third-order valence-electron chi connectivity index (χ3n) is 4.15. The zero-order valence-electron chi connectivity index (χ0n) is 15.3. The second-order valence-corrected chi connectivity index (χ2v) is 7.23. The molecule has 0 aliphatic carbocycles. The molecule has 0 unspecified atom stereocenters. The fourth-order valence-corrected chi connectivity index (χ4v) is 3.17. The Morgan fingerprint density at radius 1 is 1.14 bits per heavy atom. The van der Waals surface area contributed by atoms with Gasteiger partial charge in [0.05, 0.1) is 12.1 Å². The standard InChI is InChI=1S/C21H18BrFN2O3/c1-13-11-14(22)7-8-17(13)24-20(26)12-25(2)21(27)19-10-9-18(28-19)15-5-3-4-6-16(15)23/h3-11H,12H2,1-2H3,(H,24,26). The third kappa shape index (κ3) is 4.48. The van der Waals surface area contributed by atoms with Crippen molar-refractivity contribution in [1.82, 2.24) is 4.90 Å². The van der Waals surface area contributed by atoms with E-state index >= 15 is 0 Å². The number of aryl methyl sites for hydroxylation is 1. The molecule has 0 saturated carbocycles. The van der Waals surface area contributed by atoms with Gasteiger partial charge in [-0.25, -0.2) is 4.39 Å². The molecule has 3 aromatic rings. The number of furan rings is 1. The van der Waals surface area contributed by atoms with Crippen LogP contribution in [0.15, 0.2) is 63.5 Å². The lowest BCUT2D eigenvalue weighted by atomic mass is 10.1. The molecule has 0 saturated heterocycles. The van der Waals surface area contributed by atoms with E-state index < -0.39 is 11.7 Å². The number of likely N-dealkylation sites (N-methyl/N-ethyl adjacent to an activating group) is 1. The molecule has 0 fully saturated rings. The Balaban J connectivity index is 1.66. The average Bonchev–Trinajstić information content (AvgIpc) is 3.13. The van der Waals surface area contributed by atoms with Crippen LogP contribution < -0.4 is 5.32 Å². The van der Waals surface area contributed by atoms with E-state index in [0.29, 0.717) is 5.69 Å². The van der Waals surface area contributed by atoms with Crippen molar-refractivity contribution >= 4 is 33.4 Å². The average molecular weight is 445 g/mol. The maximum absolute atomic E-state index is 13.9. The van der Waals surface area contributed by atoms with Gasteiger partial charge in [0.1, 0.15) is 11.6 Å². The van der Waals surface area contributed by atoms with Gasteiger partial charge < -0.3 is 14.6 Å². The van der Waals surface area contributed by atoms with Crippen LogP contribution in [0.4, 0.5) is 10.1 Å². The Bertz CT molecular complexity index is 1030. The van der Waals surface area contributed by atoms with E-state index in [-0.39, 0.29) is 29.5 Å². The van der Waals surface area contributed by atoms with E-state index in [2.05, 4.69) is 21.2 Å². The fourth-order valence-electron chi connectivity index (χ4n) is 2.69. The number of hydrogen-bond donors (Lipinski definition) is 1. The van der Waals surface area contributed by atoms with E-state index in [0.717, 1.165) is 10.0 Å². The molecule has 0 aliphatic heterocycles. The van der Waals surface area contributed by atoms with Crippen molar-refractivity contribution in [1.29, 1.82) is 0 Å². The minimum atomic E-state index is -0.467. The first-order chi connectivity index (χ1) is 13.3. The minimum Gasteiger partial charge on any atom is -0.451 e. The molecule has 5 nitrogen and oxygen atoms in total. The lowest BCUT2D eigenvalue weighted by Gasteiger charge is -2.16. The van der Waals surface area contributed by atoms with Crippen LogP contribution in [0, 0.1) is 12.7 Å². The van der Waals surface area contributed by atoms with E-state index in [1.807, 2.05) is 19.1 Å². The van der Waals surface area contributed by atoms with Gasteiger partial charge in [0, 0.05) is 17.2 Å². The second kappa shape index (κ2) is 8.39. The smallest absolute Gasteiger partial charge is 0.289 e. The van der Waals surface area contributed by atoms with Crippen molar-refractivity contribution in [2.75, 3.05) is 18.9 Å². The van der Waals surface area contributed by atoms with Crippen molar-refractivity contribution in [3.05, 3.63) is 76.2 Å². The largest absolute Gasteiger partial charge is 0.451 e. The number of anilines is 1. The number of benzene rings is 2. The first-order valence-corrected chi connectivity index (χ1v) is 9.30. The summed E-state index contributed by atoms with van der Waals surface area (Å²) in [6.07, 6.45) is 0. The van der Waals surface area contributed by atoms with Crippen LogP contribution in [0.3, 0.4) is 0 Å². The number of hydrogen-bond acceptors (Lipinski definition) is 3. The summed E-state index contributed by atoms with van der Waals surface area (Å²) >= 11 is 3.37. The topological polar surface area (TPSA) is 62.6 Å². The normalized spacial score (nSPS) is 10.6. The molecule has 0 aliphatic rings. The van der Waals surface area contributed by atoms with Gasteiger partial charge in [-0.15, -0.1) is 0 Å². The number of nitrogens with one attached hydrogen (secondary N) is 1. The van der Waals surface area contributed by atoms with Crippen molar-refractivity contribution < 1.29 is 18.4 Å². The summed E-state index contributed by atoms with van der Waals surface area (Å²) in [6, 6.07) is 14.6. The molecule has 2 amide bonds. The quantitative estimate of drug-likeness (QED) is 0.610. The number of nitrogens with zero attached hydrogens (tertiary/aromatic N) is 1. The first-order valence-electron chi connectivity index (χ1n) is 8.51. The highest BCUT2D eigenvalue weighted by Gasteiger charge is 2.20. The summed E-state index contributed by atoms with van der Waals surface area (Å²) in [5.41, 5.74) is 1.85. The van der Waals surface area contributed by atoms with Crippen molar-refractivity contribution in [2.45, 2.75) is 6.92 Å². The molecule has 7 heteroatoms. The van der Waals surface area contributed by atoms with Crippen molar-refractivity contribution in [3.8, 4) is 11.3 Å². The van der Waals surface area contributed by atoms with Gasteiger partial charge in [-0.05, 0) is 55.0 Å². The molecule has 0 atom stereocenters. The molecule has 0 radical (unpaired) electrons. The van der Waals surface area contributed by atoms with Gasteiger partial charge in [-0.2, -0.15) is 0 Å². The lowest BCUT2D eigenvalue weighted by Crippen LogP contribution is -2.34. The number of rotatable bonds is 5. The molecule has 0 bridgehead atoms. The van der Waals surface area contributed by atoms with Crippen LogP contribution in [-0.2, 0) is 4.79 Å². The Morgan fingerprint density at radius 3 is 2.61 bits per heavy atom. The van der Waals surface area contributed by atoms with Crippen LogP contribution >= 0.6 is 15.9 Å². The maximum atomic E-state index is 13.9. The molecule has 0 spiro atoms. The van der Waals surface area contributed by atoms with E-state index in [9.17, 15) is 14.0 Å². The van der Waals surface area contributed by atoms with Crippen LogP contribution in [0.25, 0.3) is 11.3 Å². The third-order valence-corrected chi connectivity index (χ3v) is 4.64. The zero-order valence-corrected chi connectivity index (χ0v) is 16.9. The summed E-state index contributed by atoms with van der Waals surface area (Å²) in [7, 11) is 1.50. The maximum Gasteiger partial charge on any atom is 0.289 e.